The highest BCUT2D eigenvalue weighted by Crippen LogP contribution is 2.27. The van der Waals surface area contributed by atoms with Gasteiger partial charge in [0.05, 0.1) is 32.2 Å². The molecule has 0 amide bonds. The van der Waals surface area contributed by atoms with Crippen LogP contribution in [0.15, 0.2) is 70.4 Å². The minimum Gasteiger partial charge on any atom is -0.493 e. The van der Waals surface area contributed by atoms with E-state index in [0.29, 0.717) is 16.7 Å². The molecule has 2 aromatic carbocycles. The Morgan fingerprint density at radius 3 is 2.80 bits per heavy atom. The number of halogens is 2. The van der Waals surface area contributed by atoms with Crippen LogP contribution in [-0.4, -0.2) is 16.7 Å². The number of benzene rings is 2. The van der Waals surface area contributed by atoms with Crippen molar-refractivity contribution in [1.29, 1.82) is 0 Å². The minimum atomic E-state index is -0.778. The lowest BCUT2D eigenvalue weighted by atomic mass is 10.1. The molecule has 2 aromatic heterocycles. The molecule has 1 atom stereocenters. The number of aromatic nitrogens is 2. The Bertz CT molecular complexity index is 1220. The SMILES string of the molecule is COc1cccc2cc(COC(Cn3ccnc3)c3ccc(F)cc3F)c(=O)oc12. The summed E-state index contributed by atoms with van der Waals surface area (Å²) in [6, 6.07) is 10.2. The van der Waals surface area contributed by atoms with Gasteiger partial charge in [-0.25, -0.2) is 18.6 Å². The summed E-state index contributed by atoms with van der Waals surface area (Å²) in [7, 11) is 1.49. The molecule has 0 saturated heterocycles. The first-order chi connectivity index (χ1) is 14.5. The largest absolute Gasteiger partial charge is 0.493 e. The summed E-state index contributed by atoms with van der Waals surface area (Å²) in [4.78, 5) is 16.4. The first kappa shape index (κ1) is 19.8. The minimum absolute atomic E-state index is 0.119. The number of imidazole rings is 1. The van der Waals surface area contributed by atoms with Gasteiger partial charge < -0.3 is 18.5 Å². The van der Waals surface area contributed by atoms with Crippen LogP contribution in [0.4, 0.5) is 8.78 Å². The van der Waals surface area contributed by atoms with Gasteiger partial charge in [-0.1, -0.05) is 18.2 Å². The zero-order valence-electron chi connectivity index (χ0n) is 16.0. The molecule has 0 N–H and O–H groups in total. The van der Waals surface area contributed by atoms with E-state index in [-0.39, 0.29) is 24.3 Å². The zero-order valence-corrected chi connectivity index (χ0v) is 16.0. The van der Waals surface area contributed by atoms with Crippen molar-refractivity contribution in [2.75, 3.05) is 7.11 Å². The van der Waals surface area contributed by atoms with E-state index in [1.807, 2.05) is 0 Å². The average Bonchev–Trinajstić information content (AvgIpc) is 3.24. The van der Waals surface area contributed by atoms with E-state index in [1.165, 1.54) is 19.2 Å². The molecule has 0 spiro atoms. The summed E-state index contributed by atoms with van der Waals surface area (Å²) >= 11 is 0. The standard InChI is InChI=1S/C22H18F2N2O4/c1-28-19-4-2-3-14-9-15(22(27)30-21(14)19)12-29-20(11-26-8-7-25-13-26)17-6-5-16(23)10-18(17)24/h2-10,13,20H,11-12H2,1H3. The van der Waals surface area contributed by atoms with Gasteiger partial charge >= 0.3 is 5.63 Å². The molecule has 0 aliphatic carbocycles. The maximum Gasteiger partial charge on any atom is 0.341 e. The average molecular weight is 412 g/mol. The van der Waals surface area contributed by atoms with E-state index in [1.54, 1.807) is 47.6 Å². The summed E-state index contributed by atoms with van der Waals surface area (Å²) in [5, 5.41) is 0.673. The van der Waals surface area contributed by atoms with Gasteiger partial charge in [-0.05, 0) is 18.2 Å². The third-order valence-electron chi connectivity index (χ3n) is 4.70. The van der Waals surface area contributed by atoms with Crippen molar-refractivity contribution in [2.45, 2.75) is 19.3 Å². The van der Waals surface area contributed by atoms with E-state index in [0.717, 1.165) is 6.07 Å². The number of nitrogens with zero attached hydrogens (tertiary/aromatic N) is 2. The topological polar surface area (TPSA) is 66.5 Å². The molecule has 8 heteroatoms. The Morgan fingerprint density at radius 2 is 2.07 bits per heavy atom. The van der Waals surface area contributed by atoms with E-state index in [4.69, 9.17) is 13.9 Å². The summed E-state index contributed by atoms with van der Waals surface area (Å²) in [5.41, 5.74) is 0.215. The number of hydrogen-bond donors (Lipinski definition) is 0. The Labute approximate surface area is 170 Å². The van der Waals surface area contributed by atoms with E-state index >= 15 is 0 Å². The second-order valence-electron chi connectivity index (χ2n) is 6.66. The Balaban J connectivity index is 1.63. The van der Waals surface area contributed by atoms with Gasteiger partial charge in [-0.3, -0.25) is 0 Å². The first-order valence-electron chi connectivity index (χ1n) is 9.17. The normalized spacial score (nSPS) is 12.2. The monoisotopic (exact) mass is 412 g/mol. The van der Waals surface area contributed by atoms with Crippen LogP contribution in [0.2, 0.25) is 0 Å². The quantitative estimate of drug-likeness (QED) is 0.425. The van der Waals surface area contributed by atoms with Crippen LogP contribution in [0.1, 0.15) is 17.2 Å². The third-order valence-corrected chi connectivity index (χ3v) is 4.70. The van der Waals surface area contributed by atoms with Crippen LogP contribution >= 0.6 is 0 Å². The zero-order chi connectivity index (χ0) is 21.1. The highest BCUT2D eigenvalue weighted by molar-refractivity contribution is 5.82. The van der Waals surface area contributed by atoms with Crippen LogP contribution < -0.4 is 10.4 Å². The second kappa shape index (κ2) is 8.46. The van der Waals surface area contributed by atoms with Crippen LogP contribution in [0.25, 0.3) is 11.0 Å². The Hall–Kier alpha value is -3.52. The smallest absolute Gasteiger partial charge is 0.341 e. The van der Waals surface area contributed by atoms with Gasteiger partial charge in [0.1, 0.15) is 17.7 Å². The fourth-order valence-electron chi connectivity index (χ4n) is 3.20. The highest BCUT2D eigenvalue weighted by atomic mass is 19.1. The van der Waals surface area contributed by atoms with Gasteiger partial charge in [0.25, 0.3) is 0 Å². The molecule has 6 nitrogen and oxygen atoms in total. The molecule has 0 aliphatic heterocycles. The van der Waals surface area contributed by atoms with Gasteiger partial charge in [-0.2, -0.15) is 0 Å². The molecule has 4 rings (SSSR count). The lowest BCUT2D eigenvalue weighted by molar-refractivity contribution is 0.0244. The van der Waals surface area contributed by atoms with E-state index in [9.17, 15) is 13.6 Å². The number of fused-ring (bicyclic) bond motifs is 1. The van der Waals surface area contributed by atoms with Crippen molar-refractivity contribution in [3.63, 3.8) is 0 Å². The maximum atomic E-state index is 14.4. The molecule has 0 fully saturated rings. The molecule has 0 saturated carbocycles. The van der Waals surface area contributed by atoms with Crippen molar-refractivity contribution >= 4 is 11.0 Å². The third kappa shape index (κ3) is 4.08. The number of para-hydroxylation sites is 1. The summed E-state index contributed by atoms with van der Waals surface area (Å²) in [6.07, 6.45) is 4.08. The van der Waals surface area contributed by atoms with Gasteiger partial charge in [0.15, 0.2) is 11.3 Å². The number of methoxy groups -OCH3 is 1. The van der Waals surface area contributed by atoms with E-state index < -0.39 is 23.4 Å². The lowest BCUT2D eigenvalue weighted by Crippen LogP contribution is -2.16. The summed E-state index contributed by atoms with van der Waals surface area (Å²) in [6.45, 7) is 0.112. The number of ether oxygens (including phenoxy) is 2. The van der Waals surface area contributed by atoms with Crippen molar-refractivity contribution in [1.82, 2.24) is 9.55 Å². The molecular formula is C22H18F2N2O4. The van der Waals surface area contributed by atoms with E-state index in [2.05, 4.69) is 4.98 Å². The maximum absolute atomic E-state index is 14.4. The molecule has 4 aromatic rings. The molecule has 0 aliphatic rings. The summed E-state index contributed by atoms with van der Waals surface area (Å²) in [5.74, 6) is -0.958. The molecular weight excluding hydrogens is 394 g/mol. The predicted molar refractivity (Wildman–Crippen MR) is 105 cm³/mol. The van der Waals surface area contributed by atoms with Gasteiger partial charge in [0, 0.05) is 29.4 Å². The molecule has 2 heterocycles. The van der Waals surface area contributed by atoms with Gasteiger partial charge in [-0.15, -0.1) is 0 Å². The highest BCUT2D eigenvalue weighted by Gasteiger charge is 2.19. The van der Waals surface area contributed by atoms with Crippen molar-refractivity contribution in [3.8, 4) is 5.75 Å². The second-order valence-corrected chi connectivity index (χ2v) is 6.66. The number of rotatable bonds is 7. The van der Waals surface area contributed by atoms with Gasteiger partial charge in [0.2, 0.25) is 0 Å². The lowest BCUT2D eigenvalue weighted by Gasteiger charge is -2.19. The number of hydrogen-bond acceptors (Lipinski definition) is 5. The fraction of sp³-hybridized carbons (Fsp3) is 0.182. The Kier molecular flexibility index (Phi) is 5.58. The summed E-state index contributed by atoms with van der Waals surface area (Å²) < 4.78 is 45.9. The molecule has 30 heavy (non-hydrogen) atoms. The fourth-order valence-corrected chi connectivity index (χ4v) is 3.20. The van der Waals surface area contributed by atoms with Crippen LogP contribution in [0.5, 0.6) is 5.75 Å². The van der Waals surface area contributed by atoms with Crippen molar-refractivity contribution in [2.24, 2.45) is 0 Å². The molecule has 0 bridgehead atoms. The first-order valence-corrected chi connectivity index (χ1v) is 9.17. The molecule has 1 unspecified atom stereocenters. The van der Waals surface area contributed by atoms with Crippen molar-refractivity contribution < 1.29 is 22.7 Å². The van der Waals surface area contributed by atoms with Crippen LogP contribution in [0, 0.1) is 11.6 Å². The van der Waals surface area contributed by atoms with Crippen molar-refractivity contribution in [3.05, 3.63) is 94.4 Å². The Morgan fingerprint density at radius 1 is 1.20 bits per heavy atom. The molecule has 0 radical (unpaired) electrons. The van der Waals surface area contributed by atoms with Crippen LogP contribution in [0.3, 0.4) is 0 Å². The molecule has 154 valence electrons. The predicted octanol–water partition coefficient (Wildman–Crippen LogP) is 4.23. The van der Waals surface area contributed by atoms with Crippen LogP contribution in [-0.2, 0) is 17.9 Å².